The van der Waals surface area contributed by atoms with E-state index in [4.69, 9.17) is 16.3 Å². The van der Waals surface area contributed by atoms with E-state index >= 15 is 0 Å². The summed E-state index contributed by atoms with van der Waals surface area (Å²) in [7, 11) is 1.58. The highest BCUT2D eigenvalue weighted by Crippen LogP contribution is 2.20. The average Bonchev–Trinajstić information content (AvgIpc) is 2.55. The van der Waals surface area contributed by atoms with Crippen LogP contribution < -0.4 is 15.4 Å². The molecule has 3 N–H and O–H groups in total. The molecule has 2 aromatic rings. The highest BCUT2D eigenvalue weighted by molar-refractivity contribution is 6.30. The van der Waals surface area contributed by atoms with Crippen LogP contribution in [0.2, 0.25) is 5.02 Å². The number of aliphatic hydroxyl groups is 1. The number of hydrogen-bond acceptors (Lipinski definition) is 3. The minimum atomic E-state index is -0.671. The Balaban J connectivity index is 1.75. The summed E-state index contributed by atoms with van der Waals surface area (Å²) in [5.41, 5.74) is 1.40. The Morgan fingerprint density at radius 3 is 2.65 bits per heavy atom. The largest absolute Gasteiger partial charge is 0.497 e. The van der Waals surface area contributed by atoms with Crippen LogP contribution in [0.4, 0.5) is 10.5 Å². The zero-order valence-corrected chi connectivity index (χ0v) is 13.5. The predicted octanol–water partition coefficient (Wildman–Crippen LogP) is 3.59. The summed E-state index contributed by atoms with van der Waals surface area (Å²) in [6, 6.07) is 13.7. The quantitative estimate of drug-likeness (QED) is 0.756. The van der Waals surface area contributed by atoms with Gasteiger partial charge in [0.15, 0.2) is 0 Å². The molecule has 6 heteroatoms. The fraction of sp³-hybridized carbons (Fsp3) is 0.235. The minimum Gasteiger partial charge on any atom is -0.497 e. The van der Waals surface area contributed by atoms with Crippen molar-refractivity contribution in [2.24, 2.45) is 0 Å². The van der Waals surface area contributed by atoms with Crippen molar-refractivity contribution in [1.82, 2.24) is 5.32 Å². The maximum absolute atomic E-state index is 11.8. The number of amides is 2. The minimum absolute atomic E-state index is 0.325. The first-order chi connectivity index (χ1) is 11.1. The van der Waals surface area contributed by atoms with Crippen LogP contribution >= 0.6 is 11.6 Å². The Morgan fingerprint density at radius 1 is 1.26 bits per heavy atom. The maximum Gasteiger partial charge on any atom is 0.319 e. The van der Waals surface area contributed by atoms with Crippen molar-refractivity contribution in [1.29, 1.82) is 0 Å². The zero-order valence-electron chi connectivity index (χ0n) is 12.8. The summed E-state index contributed by atoms with van der Waals surface area (Å²) in [5.74, 6) is 0.723. The third-order valence-corrected chi connectivity index (χ3v) is 3.52. The number of carbonyl (C=O) groups excluding carboxylic acids is 1. The van der Waals surface area contributed by atoms with E-state index in [1.165, 1.54) is 0 Å². The Hall–Kier alpha value is -2.24. The molecule has 122 valence electrons. The third-order valence-electron chi connectivity index (χ3n) is 3.28. The number of benzene rings is 2. The molecule has 0 bridgehead atoms. The van der Waals surface area contributed by atoms with Gasteiger partial charge in [0.1, 0.15) is 5.75 Å². The first kappa shape index (κ1) is 17.1. The van der Waals surface area contributed by atoms with Crippen LogP contribution in [0.25, 0.3) is 0 Å². The lowest BCUT2D eigenvalue weighted by atomic mass is 10.1. The van der Waals surface area contributed by atoms with Crippen molar-refractivity contribution in [2.45, 2.75) is 12.5 Å². The molecule has 0 saturated carbocycles. The van der Waals surface area contributed by atoms with Gasteiger partial charge in [-0.3, -0.25) is 0 Å². The molecule has 0 radical (unpaired) electrons. The van der Waals surface area contributed by atoms with Gasteiger partial charge in [0.05, 0.1) is 13.2 Å². The molecule has 1 unspecified atom stereocenters. The monoisotopic (exact) mass is 334 g/mol. The fourth-order valence-corrected chi connectivity index (χ4v) is 2.25. The molecule has 0 saturated heterocycles. The summed E-state index contributed by atoms with van der Waals surface area (Å²) in [5, 5.41) is 16.0. The van der Waals surface area contributed by atoms with Gasteiger partial charge in [-0.1, -0.05) is 23.7 Å². The van der Waals surface area contributed by atoms with Gasteiger partial charge in [-0.2, -0.15) is 0 Å². The molecule has 2 amide bonds. The number of methoxy groups -OCH3 is 1. The van der Waals surface area contributed by atoms with E-state index in [2.05, 4.69) is 10.6 Å². The molecule has 5 nitrogen and oxygen atoms in total. The number of halogens is 1. The van der Waals surface area contributed by atoms with Crippen LogP contribution in [-0.2, 0) is 0 Å². The van der Waals surface area contributed by atoms with Gasteiger partial charge < -0.3 is 20.5 Å². The fourth-order valence-electron chi connectivity index (χ4n) is 2.05. The molecule has 1 atom stereocenters. The van der Waals surface area contributed by atoms with Crippen LogP contribution in [0.3, 0.4) is 0 Å². The lowest BCUT2D eigenvalue weighted by molar-refractivity contribution is 0.167. The molecule has 2 aromatic carbocycles. The summed E-state index contributed by atoms with van der Waals surface area (Å²) in [4.78, 5) is 11.8. The number of ether oxygens (including phenoxy) is 1. The van der Waals surface area contributed by atoms with Gasteiger partial charge in [0.25, 0.3) is 0 Å². The van der Waals surface area contributed by atoms with Gasteiger partial charge in [0, 0.05) is 17.3 Å². The molecular weight excluding hydrogens is 316 g/mol. The first-order valence-electron chi connectivity index (χ1n) is 7.21. The molecule has 0 spiro atoms. The molecule has 0 aliphatic carbocycles. The predicted molar refractivity (Wildman–Crippen MR) is 91.0 cm³/mol. The first-order valence-corrected chi connectivity index (χ1v) is 7.58. The molecule has 0 aromatic heterocycles. The summed E-state index contributed by atoms with van der Waals surface area (Å²) in [6.45, 7) is 0.343. The van der Waals surface area contributed by atoms with Crippen LogP contribution in [0.1, 0.15) is 18.1 Å². The Morgan fingerprint density at radius 2 is 2.00 bits per heavy atom. The van der Waals surface area contributed by atoms with Crippen LogP contribution in [0.15, 0.2) is 48.5 Å². The highest BCUT2D eigenvalue weighted by Gasteiger charge is 2.09. The van der Waals surface area contributed by atoms with Crippen molar-refractivity contribution in [3.05, 3.63) is 59.1 Å². The molecular formula is C17H19ClN2O3. The lowest BCUT2D eigenvalue weighted by Gasteiger charge is -2.12. The summed E-state index contributed by atoms with van der Waals surface area (Å²) < 4.78 is 5.05. The second kappa shape index (κ2) is 8.41. The van der Waals surface area contributed by atoms with Crippen LogP contribution in [0.5, 0.6) is 5.75 Å². The summed E-state index contributed by atoms with van der Waals surface area (Å²) in [6.07, 6.45) is -0.272. The van der Waals surface area contributed by atoms with E-state index in [1.54, 1.807) is 55.6 Å². The standard InChI is InChI=1S/C17H19ClN2O3/c1-23-15-7-5-14(6-8-15)20-17(22)19-10-9-16(21)12-3-2-4-13(18)11-12/h2-8,11,16,21H,9-10H2,1H3,(H2,19,20,22). The number of rotatable bonds is 6. The molecule has 0 aliphatic heterocycles. The van der Waals surface area contributed by atoms with E-state index in [9.17, 15) is 9.90 Å². The van der Waals surface area contributed by atoms with E-state index in [-0.39, 0.29) is 6.03 Å². The van der Waals surface area contributed by atoms with E-state index in [0.717, 1.165) is 11.3 Å². The zero-order chi connectivity index (χ0) is 16.7. The van der Waals surface area contributed by atoms with Crippen LogP contribution in [0, 0.1) is 0 Å². The molecule has 2 rings (SSSR count). The van der Waals surface area contributed by atoms with E-state index in [0.29, 0.717) is 23.7 Å². The van der Waals surface area contributed by atoms with Crippen LogP contribution in [-0.4, -0.2) is 24.8 Å². The van der Waals surface area contributed by atoms with Gasteiger partial charge in [-0.25, -0.2) is 4.79 Å². The molecule has 0 aliphatic rings. The lowest BCUT2D eigenvalue weighted by Crippen LogP contribution is -2.30. The van der Waals surface area contributed by atoms with E-state index < -0.39 is 6.10 Å². The molecule has 0 heterocycles. The van der Waals surface area contributed by atoms with Gasteiger partial charge in [0.2, 0.25) is 0 Å². The number of nitrogens with one attached hydrogen (secondary N) is 2. The third kappa shape index (κ3) is 5.47. The number of aliphatic hydroxyl groups excluding tert-OH is 1. The highest BCUT2D eigenvalue weighted by atomic mass is 35.5. The van der Waals surface area contributed by atoms with E-state index in [1.807, 2.05) is 0 Å². The topological polar surface area (TPSA) is 70.6 Å². The number of hydrogen-bond donors (Lipinski definition) is 3. The SMILES string of the molecule is COc1ccc(NC(=O)NCCC(O)c2cccc(Cl)c2)cc1. The second-order valence-electron chi connectivity index (χ2n) is 4.97. The molecule has 0 fully saturated rings. The molecule has 23 heavy (non-hydrogen) atoms. The normalized spacial score (nSPS) is 11.6. The van der Waals surface area contributed by atoms with Crippen molar-refractivity contribution < 1.29 is 14.6 Å². The summed E-state index contributed by atoms with van der Waals surface area (Å²) >= 11 is 5.89. The van der Waals surface area contributed by atoms with Gasteiger partial charge in [-0.15, -0.1) is 0 Å². The Kier molecular flexibility index (Phi) is 6.26. The number of anilines is 1. The average molecular weight is 335 g/mol. The Bertz CT molecular complexity index is 647. The van der Waals surface area contributed by atoms with Crippen molar-refractivity contribution >= 4 is 23.3 Å². The Labute approximate surface area is 140 Å². The second-order valence-corrected chi connectivity index (χ2v) is 5.41. The van der Waals surface area contributed by atoms with Crippen molar-refractivity contribution in [3.8, 4) is 5.75 Å². The van der Waals surface area contributed by atoms with Crippen molar-refractivity contribution in [3.63, 3.8) is 0 Å². The van der Waals surface area contributed by atoms with Gasteiger partial charge >= 0.3 is 6.03 Å². The smallest absolute Gasteiger partial charge is 0.319 e. The maximum atomic E-state index is 11.8. The number of urea groups is 1. The number of carbonyl (C=O) groups is 1. The van der Waals surface area contributed by atoms with Gasteiger partial charge in [-0.05, 0) is 48.4 Å². The van der Waals surface area contributed by atoms with Crippen molar-refractivity contribution in [2.75, 3.05) is 19.0 Å².